The minimum atomic E-state index is -0.244. The number of carbonyl (C=O) groups is 1. The van der Waals surface area contributed by atoms with Gasteiger partial charge >= 0.3 is 0 Å². The number of carbonyl (C=O) groups excluding carboxylic acids is 1. The van der Waals surface area contributed by atoms with Crippen LogP contribution in [0.15, 0.2) is 71.5 Å². The van der Waals surface area contributed by atoms with Crippen molar-refractivity contribution in [1.29, 1.82) is 0 Å². The average molecular weight is 492 g/mol. The molecule has 0 spiro atoms. The van der Waals surface area contributed by atoms with E-state index in [1.54, 1.807) is 22.7 Å². The van der Waals surface area contributed by atoms with E-state index in [9.17, 15) is 9.18 Å². The molecule has 0 aliphatic carbocycles. The van der Waals surface area contributed by atoms with E-state index in [0.717, 1.165) is 30.8 Å². The summed E-state index contributed by atoms with van der Waals surface area (Å²) in [4.78, 5) is 23.6. The number of nitrogens with zero attached hydrogens (tertiary/aromatic N) is 5. The maximum Gasteiger partial charge on any atom is 0.205 e. The van der Waals surface area contributed by atoms with Crippen molar-refractivity contribution in [1.82, 2.24) is 19.6 Å². The fourth-order valence-electron chi connectivity index (χ4n) is 4.05. The van der Waals surface area contributed by atoms with Crippen LogP contribution in [-0.4, -0.2) is 31.9 Å². The summed E-state index contributed by atoms with van der Waals surface area (Å²) in [5.41, 5.74) is 2.56. The third kappa shape index (κ3) is 4.05. The first-order chi connectivity index (χ1) is 15.6. The Morgan fingerprint density at radius 3 is 2.88 bits per heavy atom. The van der Waals surface area contributed by atoms with Gasteiger partial charge in [-0.25, -0.2) is 18.9 Å². The average Bonchev–Trinajstić information content (AvgIpc) is 3.44. The molecule has 1 fully saturated rings. The molecule has 6 nitrogen and oxygen atoms in total. The largest absolute Gasteiger partial charge is 0.348 e. The molecule has 3 aromatic heterocycles. The number of aromatic nitrogens is 4. The standard InChI is InChI=1S/C24H19BrFN5O/c25-22-8-2-6-18(28-22)9-10-21(32)20-15-27-23-11-12-24(29-31(20)23)30-13-3-7-19(30)16-4-1-5-17(26)14-16/h1-2,4-6,8-12,14-15,19H,3,7,13H2/b10-9+. The van der Waals surface area contributed by atoms with Gasteiger partial charge in [-0.05, 0) is 82.9 Å². The first-order valence-electron chi connectivity index (χ1n) is 10.3. The molecule has 4 aromatic rings. The highest BCUT2D eigenvalue weighted by Crippen LogP contribution is 2.35. The maximum absolute atomic E-state index is 13.8. The van der Waals surface area contributed by atoms with Gasteiger partial charge < -0.3 is 4.90 Å². The van der Waals surface area contributed by atoms with Gasteiger partial charge in [-0.3, -0.25) is 4.79 Å². The van der Waals surface area contributed by atoms with E-state index >= 15 is 0 Å². The normalized spacial score (nSPS) is 16.3. The van der Waals surface area contributed by atoms with Gasteiger partial charge in [0.2, 0.25) is 5.78 Å². The third-order valence-electron chi connectivity index (χ3n) is 5.52. The van der Waals surface area contributed by atoms with E-state index in [4.69, 9.17) is 5.10 Å². The number of hydrogen-bond donors (Lipinski definition) is 0. The lowest BCUT2D eigenvalue weighted by Crippen LogP contribution is -2.24. The molecular formula is C24H19BrFN5O. The van der Waals surface area contributed by atoms with Gasteiger partial charge in [0.05, 0.1) is 17.9 Å². The Morgan fingerprint density at radius 2 is 2.03 bits per heavy atom. The molecule has 1 aromatic carbocycles. The van der Waals surface area contributed by atoms with Gasteiger partial charge in [0.15, 0.2) is 5.65 Å². The zero-order valence-corrected chi connectivity index (χ0v) is 18.6. The number of fused-ring (bicyclic) bond motifs is 1. The summed E-state index contributed by atoms with van der Waals surface area (Å²) in [6.07, 6.45) is 6.57. The Bertz CT molecular complexity index is 1330. The first-order valence-corrected chi connectivity index (χ1v) is 11.1. The van der Waals surface area contributed by atoms with Crippen molar-refractivity contribution in [2.75, 3.05) is 11.4 Å². The molecule has 1 saturated heterocycles. The highest BCUT2D eigenvalue weighted by Gasteiger charge is 2.28. The lowest BCUT2D eigenvalue weighted by molar-refractivity contribution is 0.104. The number of ketones is 1. The number of halogens is 2. The second-order valence-corrected chi connectivity index (χ2v) is 8.41. The van der Waals surface area contributed by atoms with Gasteiger partial charge in [-0.15, -0.1) is 5.10 Å². The Labute approximate surface area is 192 Å². The summed E-state index contributed by atoms with van der Waals surface area (Å²) in [6, 6.07) is 16.0. The molecule has 1 atom stereocenters. The van der Waals surface area contributed by atoms with E-state index in [1.165, 1.54) is 18.3 Å². The summed E-state index contributed by atoms with van der Waals surface area (Å²) < 4.78 is 16.0. The van der Waals surface area contributed by atoms with Gasteiger partial charge in [0.1, 0.15) is 21.9 Å². The zero-order chi connectivity index (χ0) is 22.1. The minimum absolute atomic E-state index is 0.0424. The van der Waals surface area contributed by atoms with E-state index < -0.39 is 0 Å². The van der Waals surface area contributed by atoms with E-state index in [1.807, 2.05) is 36.4 Å². The Hall–Kier alpha value is -3.39. The molecule has 1 aliphatic heterocycles. The van der Waals surface area contributed by atoms with Gasteiger partial charge in [-0.1, -0.05) is 18.2 Å². The van der Waals surface area contributed by atoms with Crippen LogP contribution in [0.5, 0.6) is 0 Å². The third-order valence-corrected chi connectivity index (χ3v) is 5.96. The predicted molar refractivity (Wildman–Crippen MR) is 124 cm³/mol. The van der Waals surface area contributed by atoms with Crippen molar-refractivity contribution >= 4 is 39.3 Å². The molecule has 0 N–H and O–H groups in total. The predicted octanol–water partition coefficient (Wildman–Crippen LogP) is 5.26. The molecule has 0 saturated carbocycles. The molecule has 160 valence electrons. The first kappa shape index (κ1) is 20.5. The topological polar surface area (TPSA) is 63.4 Å². The fourth-order valence-corrected chi connectivity index (χ4v) is 4.41. The van der Waals surface area contributed by atoms with Crippen molar-refractivity contribution in [3.8, 4) is 0 Å². The molecular weight excluding hydrogens is 473 g/mol. The van der Waals surface area contributed by atoms with Crippen LogP contribution in [0.1, 0.15) is 40.6 Å². The zero-order valence-electron chi connectivity index (χ0n) is 17.0. The number of imidazole rings is 1. The number of allylic oxidation sites excluding steroid dienone is 1. The Kier molecular flexibility index (Phi) is 5.53. The summed E-state index contributed by atoms with van der Waals surface area (Å²) >= 11 is 3.33. The quantitative estimate of drug-likeness (QED) is 0.216. The lowest BCUT2D eigenvalue weighted by atomic mass is 10.0. The second-order valence-electron chi connectivity index (χ2n) is 7.59. The van der Waals surface area contributed by atoms with Gasteiger partial charge in [-0.2, -0.15) is 0 Å². The molecule has 1 aliphatic rings. The van der Waals surface area contributed by atoms with Crippen LogP contribution in [0.4, 0.5) is 10.2 Å². The van der Waals surface area contributed by atoms with Crippen molar-refractivity contribution in [3.63, 3.8) is 0 Å². The van der Waals surface area contributed by atoms with Crippen molar-refractivity contribution in [3.05, 3.63) is 94.2 Å². The molecule has 4 heterocycles. The molecule has 32 heavy (non-hydrogen) atoms. The number of hydrogen-bond acceptors (Lipinski definition) is 5. The molecule has 5 rings (SSSR count). The van der Waals surface area contributed by atoms with Crippen LogP contribution in [0.3, 0.4) is 0 Å². The smallest absolute Gasteiger partial charge is 0.205 e. The van der Waals surface area contributed by atoms with E-state index in [2.05, 4.69) is 30.8 Å². The molecule has 0 radical (unpaired) electrons. The summed E-state index contributed by atoms with van der Waals surface area (Å²) in [5.74, 6) is 0.271. The highest BCUT2D eigenvalue weighted by atomic mass is 79.9. The number of benzene rings is 1. The maximum atomic E-state index is 13.8. The van der Waals surface area contributed by atoms with Crippen LogP contribution in [0.25, 0.3) is 11.7 Å². The lowest BCUT2D eigenvalue weighted by Gasteiger charge is -2.26. The van der Waals surface area contributed by atoms with E-state index in [0.29, 0.717) is 21.6 Å². The molecule has 8 heteroatoms. The number of pyridine rings is 1. The monoisotopic (exact) mass is 491 g/mol. The van der Waals surface area contributed by atoms with Gasteiger partial charge in [0.25, 0.3) is 0 Å². The van der Waals surface area contributed by atoms with E-state index in [-0.39, 0.29) is 17.6 Å². The van der Waals surface area contributed by atoms with Crippen LogP contribution in [0.2, 0.25) is 0 Å². The molecule has 1 unspecified atom stereocenters. The molecule has 0 bridgehead atoms. The Balaban J connectivity index is 1.45. The summed E-state index contributed by atoms with van der Waals surface area (Å²) in [5, 5.41) is 4.71. The number of anilines is 1. The van der Waals surface area contributed by atoms with Crippen LogP contribution in [0, 0.1) is 5.82 Å². The van der Waals surface area contributed by atoms with Crippen LogP contribution >= 0.6 is 15.9 Å². The second kappa shape index (κ2) is 8.63. The summed E-state index contributed by atoms with van der Waals surface area (Å²) in [7, 11) is 0. The van der Waals surface area contributed by atoms with Crippen molar-refractivity contribution in [2.24, 2.45) is 0 Å². The fraction of sp³-hybridized carbons (Fsp3) is 0.167. The van der Waals surface area contributed by atoms with Gasteiger partial charge in [0, 0.05) is 6.54 Å². The van der Waals surface area contributed by atoms with Crippen molar-refractivity contribution < 1.29 is 9.18 Å². The molecule has 0 amide bonds. The highest BCUT2D eigenvalue weighted by molar-refractivity contribution is 9.10. The van der Waals surface area contributed by atoms with Crippen LogP contribution in [-0.2, 0) is 0 Å². The minimum Gasteiger partial charge on any atom is -0.348 e. The summed E-state index contributed by atoms with van der Waals surface area (Å²) in [6.45, 7) is 0.812. The Morgan fingerprint density at radius 1 is 1.16 bits per heavy atom. The van der Waals surface area contributed by atoms with Crippen molar-refractivity contribution in [2.45, 2.75) is 18.9 Å². The number of rotatable bonds is 5. The SMILES string of the molecule is O=C(/C=C/c1cccc(Br)n1)c1cnc2ccc(N3CCCC3c3cccc(F)c3)nn12. The van der Waals surface area contributed by atoms with Crippen LogP contribution < -0.4 is 4.90 Å².